The summed E-state index contributed by atoms with van der Waals surface area (Å²) in [4.78, 5) is 3.74. The number of rotatable bonds is 2. The van der Waals surface area contributed by atoms with Crippen molar-refractivity contribution in [2.24, 2.45) is 0 Å². The van der Waals surface area contributed by atoms with Crippen LogP contribution < -0.4 is 0 Å². The summed E-state index contributed by atoms with van der Waals surface area (Å²) >= 11 is 0. The number of halogens is 3. The molecule has 0 saturated carbocycles. The molecule has 0 spiro atoms. The number of alkyl halides is 3. The van der Waals surface area contributed by atoms with Crippen molar-refractivity contribution in [3.05, 3.63) is 53.6 Å². The minimum atomic E-state index is -4.40. The largest absolute Gasteiger partial charge is 0.416 e. The average Bonchev–Trinajstić information content (AvgIpc) is 2.75. The molecule has 0 atom stereocenters. The summed E-state index contributed by atoms with van der Waals surface area (Å²) < 4.78 is 39.7. The first-order valence-electron chi connectivity index (χ1n) is 5.08. The van der Waals surface area contributed by atoms with E-state index >= 15 is 0 Å². The Bertz CT molecular complexity index is 593. The first kappa shape index (κ1) is 12.2. The smallest absolute Gasteiger partial charge is 0.318 e. The number of hydrogen-bond donors (Lipinski definition) is 0. The van der Waals surface area contributed by atoms with E-state index in [1.165, 1.54) is 35.2 Å². The first-order valence-corrected chi connectivity index (χ1v) is 5.08. The van der Waals surface area contributed by atoms with Gasteiger partial charge in [0, 0.05) is 12.4 Å². The molecule has 3 nitrogen and oxygen atoms in total. The van der Waals surface area contributed by atoms with Crippen LogP contribution in [0.2, 0.25) is 0 Å². The second kappa shape index (κ2) is 4.53. The van der Waals surface area contributed by atoms with Crippen LogP contribution in [0.5, 0.6) is 0 Å². The van der Waals surface area contributed by atoms with E-state index in [0.717, 1.165) is 6.07 Å². The molecule has 0 N–H and O–H groups in total. The quantitative estimate of drug-likeness (QED) is 0.823. The van der Waals surface area contributed by atoms with E-state index < -0.39 is 11.7 Å². The Morgan fingerprint density at radius 1 is 1.28 bits per heavy atom. The van der Waals surface area contributed by atoms with Crippen molar-refractivity contribution in [2.45, 2.75) is 12.7 Å². The summed E-state index contributed by atoms with van der Waals surface area (Å²) in [6.07, 6.45) is -1.54. The molecule has 92 valence electrons. The maximum Gasteiger partial charge on any atom is 0.416 e. The van der Waals surface area contributed by atoms with Gasteiger partial charge in [-0.1, -0.05) is 18.2 Å². The van der Waals surface area contributed by atoms with Crippen LogP contribution in [0.4, 0.5) is 13.2 Å². The third-order valence-corrected chi connectivity index (χ3v) is 2.48. The minimum absolute atomic E-state index is 0.0292. The van der Waals surface area contributed by atoms with Crippen LogP contribution in [0.3, 0.4) is 0 Å². The van der Waals surface area contributed by atoms with E-state index in [1.54, 1.807) is 0 Å². The molecular weight excluding hydrogens is 243 g/mol. The Morgan fingerprint density at radius 3 is 2.67 bits per heavy atom. The summed E-state index contributed by atoms with van der Waals surface area (Å²) in [5.74, 6) is 0.0898. The van der Waals surface area contributed by atoms with Crippen molar-refractivity contribution in [3.8, 4) is 6.07 Å². The van der Waals surface area contributed by atoms with E-state index in [9.17, 15) is 13.2 Å². The lowest BCUT2D eigenvalue weighted by atomic mass is 10.1. The van der Waals surface area contributed by atoms with Gasteiger partial charge in [0.05, 0.1) is 12.1 Å². The molecule has 0 aliphatic rings. The second-order valence-corrected chi connectivity index (χ2v) is 3.65. The molecule has 6 heteroatoms. The molecule has 0 aliphatic carbocycles. The van der Waals surface area contributed by atoms with Gasteiger partial charge in [-0.15, -0.1) is 0 Å². The van der Waals surface area contributed by atoms with E-state index in [1.807, 2.05) is 6.07 Å². The number of imidazole rings is 1. The predicted molar refractivity (Wildman–Crippen MR) is 57.5 cm³/mol. The number of nitriles is 1. The molecule has 2 aromatic rings. The van der Waals surface area contributed by atoms with Crippen molar-refractivity contribution in [1.29, 1.82) is 5.26 Å². The van der Waals surface area contributed by atoms with Gasteiger partial charge < -0.3 is 4.57 Å². The molecule has 0 unspecified atom stereocenters. The van der Waals surface area contributed by atoms with Gasteiger partial charge in [-0.3, -0.25) is 0 Å². The summed E-state index contributed by atoms with van der Waals surface area (Å²) in [5, 5.41) is 8.76. The minimum Gasteiger partial charge on any atom is -0.318 e. The number of hydrogen-bond acceptors (Lipinski definition) is 2. The Hall–Kier alpha value is -2.29. The third kappa shape index (κ3) is 2.35. The van der Waals surface area contributed by atoms with Crippen molar-refractivity contribution < 1.29 is 13.2 Å². The predicted octanol–water partition coefficient (Wildman–Crippen LogP) is 2.82. The Morgan fingerprint density at radius 2 is 2.00 bits per heavy atom. The highest BCUT2D eigenvalue weighted by atomic mass is 19.4. The number of nitrogens with zero attached hydrogens (tertiary/aromatic N) is 3. The molecule has 0 aliphatic heterocycles. The van der Waals surface area contributed by atoms with Crippen LogP contribution in [0.15, 0.2) is 36.7 Å². The molecule has 18 heavy (non-hydrogen) atoms. The van der Waals surface area contributed by atoms with Gasteiger partial charge >= 0.3 is 6.18 Å². The van der Waals surface area contributed by atoms with Gasteiger partial charge in [-0.2, -0.15) is 18.4 Å². The van der Waals surface area contributed by atoms with Crippen molar-refractivity contribution in [1.82, 2.24) is 9.55 Å². The lowest BCUT2D eigenvalue weighted by Gasteiger charge is -2.13. The summed E-state index contributed by atoms with van der Waals surface area (Å²) in [6.45, 7) is -0.0292. The lowest BCUT2D eigenvalue weighted by Crippen LogP contribution is -2.12. The summed E-state index contributed by atoms with van der Waals surface area (Å²) in [7, 11) is 0. The standard InChI is InChI=1S/C12H8F3N3/c13-12(14,15)10-4-2-1-3-9(10)8-18-6-5-17-11(18)7-16/h1-6H,8H2. The maximum absolute atomic E-state index is 12.8. The van der Waals surface area contributed by atoms with Gasteiger partial charge in [-0.25, -0.2) is 4.98 Å². The SMILES string of the molecule is N#Cc1nccn1Cc1ccccc1C(F)(F)F. The molecule has 0 amide bonds. The summed E-state index contributed by atoms with van der Waals surface area (Å²) in [6, 6.07) is 7.12. The maximum atomic E-state index is 12.8. The fraction of sp³-hybridized carbons (Fsp3) is 0.167. The zero-order valence-electron chi connectivity index (χ0n) is 9.15. The Balaban J connectivity index is 2.39. The fourth-order valence-electron chi connectivity index (χ4n) is 1.67. The van der Waals surface area contributed by atoms with Crippen molar-refractivity contribution in [2.75, 3.05) is 0 Å². The van der Waals surface area contributed by atoms with Gasteiger partial charge in [-0.05, 0) is 11.6 Å². The highest BCUT2D eigenvalue weighted by Crippen LogP contribution is 2.32. The molecule has 1 aromatic heterocycles. The molecule has 0 bridgehead atoms. The van der Waals surface area contributed by atoms with E-state index in [4.69, 9.17) is 5.26 Å². The molecule has 2 rings (SSSR count). The number of aromatic nitrogens is 2. The van der Waals surface area contributed by atoms with Crippen LogP contribution in [-0.4, -0.2) is 9.55 Å². The molecule has 0 saturated heterocycles. The summed E-state index contributed by atoms with van der Waals surface area (Å²) in [5.41, 5.74) is -0.581. The van der Waals surface area contributed by atoms with Gasteiger partial charge in [0.15, 0.2) is 0 Å². The van der Waals surface area contributed by atoms with Crippen LogP contribution in [0.25, 0.3) is 0 Å². The van der Waals surface area contributed by atoms with E-state index in [-0.39, 0.29) is 17.9 Å². The fourth-order valence-corrected chi connectivity index (χ4v) is 1.67. The van der Waals surface area contributed by atoms with Crippen LogP contribution in [-0.2, 0) is 12.7 Å². The van der Waals surface area contributed by atoms with Gasteiger partial charge in [0.1, 0.15) is 6.07 Å². The topological polar surface area (TPSA) is 41.6 Å². The highest BCUT2D eigenvalue weighted by Gasteiger charge is 2.32. The monoisotopic (exact) mass is 251 g/mol. The molecule has 1 aromatic carbocycles. The second-order valence-electron chi connectivity index (χ2n) is 3.65. The van der Waals surface area contributed by atoms with E-state index in [0.29, 0.717) is 0 Å². The zero-order chi connectivity index (χ0) is 13.2. The van der Waals surface area contributed by atoms with Crippen LogP contribution in [0, 0.1) is 11.3 Å². The van der Waals surface area contributed by atoms with Crippen molar-refractivity contribution >= 4 is 0 Å². The third-order valence-electron chi connectivity index (χ3n) is 2.48. The highest BCUT2D eigenvalue weighted by molar-refractivity contribution is 5.30. The first-order chi connectivity index (χ1) is 8.52. The lowest BCUT2D eigenvalue weighted by molar-refractivity contribution is -0.138. The van der Waals surface area contributed by atoms with Crippen LogP contribution in [0.1, 0.15) is 17.0 Å². The normalized spacial score (nSPS) is 11.2. The average molecular weight is 251 g/mol. The number of benzene rings is 1. The van der Waals surface area contributed by atoms with Gasteiger partial charge in [0.25, 0.3) is 0 Å². The molecule has 0 fully saturated rings. The molecular formula is C12H8F3N3. The Kier molecular flexibility index (Phi) is 3.06. The van der Waals surface area contributed by atoms with Gasteiger partial charge in [0.2, 0.25) is 5.82 Å². The van der Waals surface area contributed by atoms with E-state index in [2.05, 4.69) is 4.98 Å². The zero-order valence-corrected chi connectivity index (χ0v) is 9.15. The Labute approximate surface area is 101 Å². The molecule has 0 radical (unpaired) electrons. The molecule has 1 heterocycles. The van der Waals surface area contributed by atoms with Crippen molar-refractivity contribution in [3.63, 3.8) is 0 Å². The van der Waals surface area contributed by atoms with Crippen LogP contribution >= 0.6 is 0 Å².